The van der Waals surface area contributed by atoms with Crippen LogP contribution in [0.3, 0.4) is 0 Å². The van der Waals surface area contributed by atoms with Gasteiger partial charge in [0.1, 0.15) is 11.5 Å². The largest absolute Gasteiger partial charge is 0.529 e. The molecule has 0 fully saturated rings. The van der Waals surface area contributed by atoms with Crippen LogP contribution in [0.5, 0.6) is 17.2 Å². The first-order chi connectivity index (χ1) is 21.5. The molecule has 1 N–H and O–H groups in total. The van der Waals surface area contributed by atoms with Crippen molar-refractivity contribution in [3.8, 4) is 17.2 Å². The molecule has 0 aromatic heterocycles. The van der Waals surface area contributed by atoms with Crippen LogP contribution in [-0.2, 0) is 29.1 Å². The minimum atomic E-state index is -3.29. The first-order valence-electron chi connectivity index (χ1n) is 13.5. The highest BCUT2D eigenvalue weighted by atomic mass is 35.5. The third-order valence-corrected chi connectivity index (χ3v) is 8.59. The van der Waals surface area contributed by atoms with E-state index < -0.39 is 25.4 Å². The second kappa shape index (κ2) is 11.7. The molecule has 3 aliphatic rings. The lowest BCUT2D eigenvalue weighted by atomic mass is 9.77. The van der Waals surface area contributed by atoms with Gasteiger partial charge in [0.25, 0.3) is 17.7 Å². The third kappa shape index (κ3) is 5.22. The lowest BCUT2D eigenvalue weighted by Crippen LogP contribution is -2.33. The summed E-state index contributed by atoms with van der Waals surface area (Å²) >= 11 is 12.9. The second-order valence-corrected chi connectivity index (χ2v) is 11.7. The van der Waals surface area contributed by atoms with Gasteiger partial charge >= 0.3 is 13.9 Å². The Bertz CT molecular complexity index is 1930. The highest BCUT2D eigenvalue weighted by Crippen LogP contribution is 2.58. The molecule has 3 aliphatic heterocycles. The minimum Gasteiger partial charge on any atom is -0.456 e. The third-order valence-electron chi connectivity index (χ3n) is 7.63. The van der Waals surface area contributed by atoms with Gasteiger partial charge in [-0.15, -0.1) is 0 Å². The van der Waals surface area contributed by atoms with Crippen LogP contribution in [0, 0.1) is 0 Å². The number of rotatable bonds is 9. The van der Waals surface area contributed by atoms with E-state index in [4.69, 9.17) is 37.2 Å². The SMILES string of the molecule is C=Cc1cc2c(cc1Cl)C1(OC(=O)c3cc(C(=O)NCCCCN4C(=O)C=CC4=O)ccc31)c1cc(Cl)c(OP(=O)=O)cc1O2. The van der Waals surface area contributed by atoms with Gasteiger partial charge in [-0.05, 0) is 48.7 Å². The van der Waals surface area contributed by atoms with Gasteiger partial charge in [0.15, 0.2) is 11.4 Å². The van der Waals surface area contributed by atoms with Gasteiger partial charge in [0, 0.05) is 58.6 Å². The molecule has 0 saturated carbocycles. The maximum atomic E-state index is 13.5. The number of carbonyl (C=O) groups excluding carboxylic acids is 4. The number of amides is 3. The molecule has 3 amide bonds. The molecule has 3 heterocycles. The summed E-state index contributed by atoms with van der Waals surface area (Å²) in [5.74, 6) is -1.70. The Morgan fingerprint density at radius 1 is 0.956 bits per heavy atom. The quantitative estimate of drug-likeness (QED) is 0.124. The molecule has 0 bridgehead atoms. The van der Waals surface area contributed by atoms with Crippen LogP contribution in [-0.4, -0.2) is 41.7 Å². The van der Waals surface area contributed by atoms with Gasteiger partial charge < -0.3 is 19.3 Å². The molecule has 3 aromatic rings. The summed E-state index contributed by atoms with van der Waals surface area (Å²) in [7, 11) is -3.29. The number of fused-ring (bicyclic) bond motifs is 6. The van der Waals surface area contributed by atoms with E-state index in [1.807, 2.05) is 0 Å². The van der Waals surface area contributed by atoms with Crippen LogP contribution in [0.2, 0.25) is 10.0 Å². The average molecular weight is 667 g/mol. The van der Waals surface area contributed by atoms with Gasteiger partial charge in [0.2, 0.25) is 0 Å². The number of nitrogens with one attached hydrogen (secondary N) is 1. The van der Waals surface area contributed by atoms with Gasteiger partial charge in [0.05, 0.1) is 10.6 Å². The van der Waals surface area contributed by atoms with Crippen LogP contribution < -0.4 is 14.6 Å². The summed E-state index contributed by atoms with van der Waals surface area (Å²) in [6, 6.07) is 10.4. The van der Waals surface area contributed by atoms with E-state index in [1.165, 1.54) is 36.4 Å². The molecule has 14 heteroatoms. The van der Waals surface area contributed by atoms with E-state index in [2.05, 4.69) is 11.9 Å². The van der Waals surface area contributed by atoms with Crippen molar-refractivity contribution in [3.63, 3.8) is 0 Å². The minimum absolute atomic E-state index is 0.0802. The molecule has 0 saturated heterocycles. The number of carbonyl (C=O) groups is 4. The summed E-state index contributed by atoms with van der Waals surface area (Å²) in [4.78, 5) is 51.0. The standard InChI is InChI=1S/C31H21Cl2N2O9P/c1-2-16-12-24-20(13-22(16)32)31(21-14-23(33)26(44-45(40)41)15-25(21)42-24)19-6-5-17(11-18(19)30(39)43-31)29(38)34-9-3-4-10-35-27(36)7-8-28(35)37/h2,5-8,11-15H,1,3-4,9-10H2,(H,34,38). The van der Waals surface area contributed by atoms with Crippen molar-refractivity contribution in [2.24, 2.45) is 0 Å². The summed E-state index contributed by atoms with van der Waals surface area (Å²) < 4.78 is 39.7. The molecular weight excluding hydrogens is 646 g/mol. The van der Waals surface area contributed by atoms with E-state index in [-0.39, 0.29) is 63.9 Å². The normalized spacial score (nSPS) is 17.4. The van der Waals surface area contributed by atoms with Crippen molar-refractivity contribution in [2.45, 2.75) is 18.4 Å². The van der Waals surface area contributed by atoms with E-state index in [1.54, 1.807) is 24.3 Å². The summed E-state index contributed by atoms with van der Waals surface area (Å²) in [6.07, 6.45) is 4.96. The number of ether oxygens (including phenoxy) is 2. The monoisotopic (exact) mass is 666 g/mol. The first kappa shape index (κ1) is 30.3. The van der Waals surface area contributed by atoms with Crippen LogP contribution >= 0.6 is 31.1 Å². The number of unbranched alkanes of at least 4 members (excludes halogenated alkanes) is 1. The maximum absolute atomic E-state index is 13.5. The lowest BCUT2D eigenvalue weighted by Gasteiger charge is -2.37. The molecule has 11 nitrogen and oxygen atoms in total. The van der Waals surface area contributed by atoms with Gasteiger partial charge in [-0.1, -0.05) is 41.9 Å². The second-order valence-electron chi connectivity index (χ2n) is 10.2. The number of halogens is 2. The molecule has 1 unspecified atom stereocenters. The van der Waals surface area contributed by atoms with E-state index in [9.17, 15) is 28.3 Å². The van der Waals surface area contributed by atoms with E-state index in [0.717, 1.165) is 4.90 Å². The van der Waals surface area contributed by atoms with Crippen molar-refractivity contribution in [3.05, 3.63) is 105 Å². The number of hydrogen-bond acceptors (Lipinski definition) is 9. The highest BCUT2D eigenvalue weighted by molar-refractivity contribution is 7.25. The lowest BCUT2D eigenvalue weighted by molar-refractivity contribution is -0.136. The molecule has 6 rings (SSSR count). The highest BCUT2D eigenvalue weighted by Gasteiger charge is 2.54. The van der Waals surface area contributed by atoms with Gasteiger partial charge in [-0.25, -0.2) is 4.79 Å². The van der Waals surface area contributed by atoms with Crippen LogP contribution in [0.1, 0.15) is 55.8 Å². The number of imide groups is 1. The molecular formula is C31H21Cl2N2O9P. The van der Waals surface area contributed by atoms with Crippen LogP contribution in [0.15, 0.2) is 61.2 Å². The smallest absolute Gasteiger partial charge is 0.456 e. The van der Waals surface area contributed by atoms with Gasteiger partial charge in [-0.3, -0.25) is 19.3 Å². The fourth-order valence-corrected chi connectivity index (χ4v) is 6.36. The first-order valence-corrected chi connectivity index (χ1v) is 15.4. The van der Waals surface area contributed by atoms with Crippen molar-refractivity contribution >= 4 is 60.9 Å². The molecule has 228 valence electrons. The maximum Gasteiger partial charge on any atom is 0.529 e. The summed E-state index contributed by atoms with van der Waals surface area (Å²) in [5, 5.41) is 3.01. The number of nitrogens with zero attached hydrogens (tertiary/aromatic N) is 1. The average Bonchev–Trinajstić information content (AvgIpc) is 3.48. The molecule has 1 spiro atoms. The van der Waals surface area contributed by atoms with Crippen LogP contribution in [0.25, 0.3) is 6.08 Å². The number of esters is 1. The van der Waals surface area contributed by atoms with Crippen molar-refractivity contribution in [1.29, 1.82) is 0 Å². The number of benzene rings is 3. The Balaban J connectivity index is 1.32. The van der Waals surface area contributed by atoms with Crippen LogP contribution in [0.4, 0.5) is 0 Å². The predicted molar refractivity (Wildman–Crippen MR) is 161 cm³/mol. The fourth-order valence-electron chi connectivity index (χ4n) is 5.55. The van der Waals surface area contributed by atoms with Crippen molar-refractivity contribution in [1.82, 2.24) is 10.2 Å². The van der Waals surface area contributed by atoms with E-state index in [0.29, 0.717) is 34.6 Å². The molecule has 0 aliphatic carbocycles. The topological polar surface area (TPSA) is 145 Å². The number of hydrogen-bond donors (Lipinski definition) is 1. The Hall–Kier alpha value is -4.70. The van der Waals surface area contributed by atoms with Gasteiger partial charge in [-0.2, -0.15) is 9.13 Å². The Morgan fingerprint density at radius 2 is 1.64 bits per heavy atom. The Morgan fingerprint density at radius 3 is 2.33 bits per heavy atom. The summed E-state index contributed by atoms with van der Waals surface area (Å²) in [5.41, 5.74) is 0.271. The summed E-state index contributed by atoms with van der Waals surface area (Å²) in [6.45, 7) is 4.28. The zero-order chi connectivity index (χ0) is 32.0. The molecule has 3 aromatic carbocycles. The zero-order valence-corrected chi connectivity index (χ0v) is 25.5. The Kier molecular flexibility index (Phi) is 7.86. The fraction of sp³-hybridized carbons (Fsp3) is 0.161. The predicted octanol–water partition coefficient (Wildman–Crippen LogP) is 6.11. The van der Waals surface area contributed by atoms with Crippen molar-refractivity contribution < 1.29 is 42.3 Å². The van der Waals surface area contributed by atoms with Crippen molar-refractivity contribution in [2.75, 3.05) is 13.1 Å². The molecule has 45 heavy (non-hydrogen) atoms. The zero-order valence-electron chi connectivity index (χ0n) is 23.1. The Labute approximate surface area is 266 Å². The molecule has 1 atom stereocenters. The molecule has 0 radical (unpaired) electrons. The van der Waals surface area contributed by atoms with E-state index >= 15 is 0 Å².